The van der Waals surface area contributed by atoms with Gasteiger partial charge in [0, 0.05) is 16.3 Å². The minimum atomic E-state index is -0.779. The number of fused-ring (bicyclic) bond motifs is 1. The SMILES string of the molecule is Cc1cc2c(s1)CCC(C)C2(O)CN. The van der Waals surface area contributed by atoms with Crippen LogP contribution in [0, 0.1) is 12.8 Å². The highest BCUT2D eigenvalue weighted by Gasteiger charge is 2.40. The summed E-state index contributed by atoms with van der Waals surface area (Å²) in [7, 11) is 0. The first-order valence-corrected chi connectivity index (χ1v) is 5.92. The Labute approximate surface area is 88.8 Å². The molecule has 2 rings (SSSR count). The third-order valence-electron chi connectivity index (χ3n) is 3.33. The van der Waals surface area contributed by atoms with E-state index in [1.807, 2.05) is 0 Å². The molecule has 0 saturated carbocycles. The summed E-state index contributed by atoms with van der Waals surface area (Å²) < 4.78 is 0. The highest BCUT2D eigenvalue weighted by Crippen LogP contribution is 2.42. The van der Waals surface area contributed by atoms with Crippen molar-refractivity contribution in [1.82, 2.24) is 0 Å². The Hall–Kier alpha value is -0.380. The van der Waals surface area contributed by atoms with Gasteiger partial charge in [-0.05, 0) is 37.3 Å². The van der Waals surface area contributed by atoms with Gasteiger partial charge in [0.2, 0.25) is 0 Å². The van der Waals surface area contributed by atoms with Gasteiger partial charge in [-0.2, -0.15) is 0 Å². The molecule has 2 atom stereocenters. The standard InChI is InChI=1S/C11H17NOS/c1-7-3-4-10-9(5-8(2)14-10)11(7,13)6-12/h5,7,13H,3-4,6,12H2,1-2H3. The first kappa shape index (κ1) is 10.1. The van der Waals surface area contributed by atoms with E-state index in [1.165, 1.54) is 9.75 Å². The molecule has 0 bridgehead atoms. The van der Waals surface area contributed by atoms with Crippen molar-refractivity contribution < 1.29 is 5.11 Å². The Morgan fingerprint density at radius 1 is 1.71 bits per heavy atom. The van der Waals surface area contributed by atoms with Gasteiger partial charge >= 0.3 is 0 Å². The molecule has 0 aliphatic heterocycles. The quantitative estimate of drug-likeness (QED) is 0.744. The first-order chi connectivity index (χ1) is 6.58. The van der Waals surface area contributed by atoms with Gasteiger partial charge in [0.15, 0.2) is 0 Å². The number of nitrogens with two attached hydrogens (primary N) is 1. The van der Waals surface area contributed by atoms with Gasteiger partial charge in [-0.25, -0.2) is 0 Å². The summed E-state index contributed by atoms with van der Waals surface area (Å²) in [5, 5.41) is 10.5. The van der Waals surface area contributed by atoms with E-state index in [4.69, 9.17) is 5.73 Å². The molecule has 0 saturated heterocycles. The minimum Gasteiger partial charge on any atom is -0.384 e. The van der Waals surface area contributed by atoms with Crippen molar-refractivity contribution in [3.05, 3.63) is 21.4 Å². The van der Waals surface area contributed by atoms with Gasteiger partial charge in [0.1, 0.15) is 5.60 Å². The molecule has 3 N–H and O–H groups in total. The smallest absolute Gasteiger partial charge is 0.105 e. The van der Waals surface area contributed by atoms with Crippen LogP contribution in [0.15, 0.2) is 6.07 Å². The second-order valence-corrected chi connectivity index (χ2v) is 5.60. The fourth-order valence-electron chi connectivity index (χ4n) is 2.28. The van der Waals surface area contributed by atoms with E-state index in [9.17, 15) is 5.11 Å². The molecule has 3 heteroatoms. The number of hydrogen-bond donors (Lipinski definition) is 2. The van der Waals surface area contributed by atoms with E-state index in [2.05, 4.69) is 19.9 Å². The molecule has 1 aromatic rings. The summed E-state index contributed by atoms with van der Waals surface area (Å²) in [6, 6.07) is 2.10. The molecule has 1 aromatic heterocycles. The molecule has 0 fully saturated rings. The average Bonchev–Trinajstić information content (AvgIpc) is 2.54. The molecule has 2 nitrogen and oxygen atoms in total. The fourth-order valence-corrected chi connectivity index (χ4v) is 3.41. The zero-order valence-corrected chi connectivity index (χ0v) is 9.53. The monoisotopic (exact) mass is 211 g/mol. The lowest BCUT2D eigenvalue weighted by atomic mass is 9.75. The molecule has 1 aliphatic carbocycles. The topological polar surface area (TPSA) is 46.2 Å². The van der Waals surface area contributed by atoms with Crippen molar-refractivity contribution in [3.8, 4) is 0 Å². The van der Waals surface area contributed by atoms with Crippen molar-refractivity contribution in [2.45, 2.75) is 32.3 Å². The summed E-state index contributed by atoms with van der Waals surface area (Å²) in [5.41, 5.74) is 6.01. The lowest BCUT2D eigenvalue weighted by molar-refractivity contribution is -0.0182. The summed E-state index contributed by atoms with van der Waals surface area (Å²) in [5.74, 6) is 0.272. The fraction of sp³-hybridized carbons (Fsp3) is 0.636. The molecule has 78 valence electrons. The predicted octanol–water partition coefficient (Wildman–Crippen LogP) is 1.79. The van der Waals surface area contributed by atoms with Crippen LogP contribution >= 0.6 is 11.3 Å². The molecule has 0 amide bonds. The molecule has 2 unspecified atom stereocenters. The van der Waals surface area contributed by atoms with E-state index < -0.39 is 5.60 Å². The van der Waals surface area contributed by atoms with E-state index in [1.54, 1.807) is 11.3 Å². The molecule has 1 heterocycles. The van der Waals surface area contributed by atoms with Crippen molar-refractivity contribution in [1.29, 1.82) is 0 Å². The minimum absolute atomic E-state index is 0.272. The Kier molecular flexibility index (Phi) is 2.41. The lowest BCUT2D eigenvalue weighted by Crippen LogP contribution is -2.43. The molecule has 1 aliphatic rings. The largest absolute Gasteiger partial charge is 0.384 e. The predicted molar refractivity (Wildman–Crippen MR) is 59.5 cm³/mol. The highest BCUT2D eigenvalue weighted by atomic mass is 32.1. The van der Waals surface area contributed by atoms with Gasteiger partial charge in [-0.15, -0.1) is 11.3 Å². The Bertz CT molecular complexity index is 347. The number of aliphatic hydroxyl groups is 1. The highest BCUT2D eigenvalue weighted by molar-refractivity contribution is 7.12. The molecule has 14 heavy (non-hydrogen) atoms. The summed E-state index contributed by atoms with van der Waals surface area (Å²) in [6.07, 6.45) is 2.14. The van der Waals surface area contributed by atoms with Crippen molar-refractivity contribution >= 4 is 11.3 Å². The third-order valence-corrected chi connectivity index (χ3v) is 4.44. The van der Waals surface area contributed by atoms with E-state index in [0.29, 0.717) is 6.54 Å². The van der Waals surface area contributed by atoms with Gasteiger partial charge in [0.05, 0.1) is 0 Å². The van der Waals surface area contributed by atoms with Gasteiger partial charge < -0.3 is 10.8 Å². The van der Waals surface area contributed by atoms with Crippen LogP contribution in [0.25, 0.3) is 0 Å². The number of aryl methyl sites for hydroxylation is 2. The van der Waals surface area contributed by atoms with Gasteiger partial charge in [0.25, 0.3) is 0 Å². The molecule has 0 radical (unpaired) electrons. The normalized spacial score (nSPS) is 31.6. The van der Waals surface area contributed by atoms with Crippen LogP contribution in [0.3, 0.4) is 0 Å². The molecule has 0 aromatic carbocycles. The van der Waals surface area contributed by atoms with E-state index in [-0.39, 0.29) is 5.92 Å². The number of rotatable bonds is 1. The maximum atomic E-state index is 10.5. The van der Waals surface area contributed by atoms with Crippen LogP contribution < -0.4 is 5.73 Å². The van der Waals surface area contributed by atoms with Crippen molar-refractivity contribution in [2.24, 2.45) is 11.7 Å². The molecular formula is C11H17NOS. The first-order valence-electron chi connectivity index (χ1n) is 5.10. The van der Waals surface area contributed by atoms with Gasteiger partial charge in [-0.3, -0.25) is 0 Å². The van der Waals surface area contributed by atoms with Crippen molar-refractivity contribution in [3.63, 3.8) is 0 Å². The summed E-state index contributed by atoms with van der Waals surface area (Å²) in [4.78, 5) is 2.60. The lowest BCUT2D eigenvalue weighted by Gasteiger charge is -2.37. The molecule has 0 spiro atoms. The summed E-state index contributed by atoms with van der Waals surface area (Å²) in [6.45, 7) is 4.50. The third kappa shape index (κ3) is 1.31. The van der Waals surface area contributed by atoms with E-state index in [0.717, 1.165) is 18.4 Å². The van der Waals surface area contributed by atoms with Crippen LogP contribution in [0.4, 0.5) is 0 Å². The van der Waals surface area contributed by atoms with Crippen LogP contribution in [-0.2, 0) is 12.0 Å². The second-order valence-electron chi connectivity index (χ2n) is 4.26. The van der Waals surface area contributed by atoms with E-state index >= 15 is 0 Å². The Morgan fingerprint density at radius 2 is 2.43 bits per heavy atom. The van der Waals surface area contributed by atoms with Crippen LogP contribution in [0.2, 0.25) is 0 Å². The van der Waals surface area contributed by atoms with Crippen LogP contribution in [-0.4, -0.2) is 11.7 Å². The van der Waals surface area contributed by atoms with Gasteiger partial charge in [-0.1, -0.05) is 6.92 Å². The summed E-state index contributed by atoms with van der Waals surface area (Å²) >= 11 is 1.79. The zero-order valence-electron chi connectivity index (χ0n) is 8.71. The van der Waals surface area contributed by atoms with Crippen LogP contribution in [0.5, 0.6) is 0 Å². The van der Waals surface area contributed by atoms with Crippen LogP contribution in [0.1, 0.15) is 28.7 Å². The second kappa shape index (κ2) is 3.33. The Morgan fingerprint density at radius 3 is 3.07 bits per heavy atom. The maximum Gasteiger partial charge on any atom is 0.105 e. The number of hydrogen-bond acceptors (Lipinski definition) is 3. The average molecular weight is 211 g/mol. The maximum absolute atomic E-state index is 10.5. The molecular weight excluding hydrogens is 194 g/mol. The Balaban J connectivity index is 2.51. The zero-order chi connectivity index (χ0) is 10.3. The van der Waals surface area contributed by atoms with Crippen molar-refractivity contribution in [2.75, 3.05) is 6.54 Å². The number of thiophene rings is 1.